The van der Waals surface area contributed by atoms with Crippen LogP contribution in [0.5, 0.6) is 0 Å². The Hall–Kier alpha value is -2.72. The van der Waals surface area contributed by atoms with Gasteiger partial charge in [-0.25, -0.2) is 8.42 Å². The molecule has 0 bridgehead atoms. The lowest BCUT2D eigenvalue weighted by atomic mass is 10.1. The number of aromatic nitrogens is 2. The highest BCUT2D eigenvalue weighted by Gasteiger charge is 2.27. The number of sulfonamides is 1. The minimum atomic E-state index is -3.54. The second-order valence-corrected chi connectivity index (χ2v) is 11.2. The van der Waals surface area contributed by atoms with Gasteiger partial charge in [0.05, 0.1) is 10.4 Å². The van der Waals surface area contributed by atoms with Gasteiger partial charge in [0, 0.05) is 24.3 Å². The maximum atomic E-state index is 12.6. The summed E-state index contributed by atoms with van der Waals surface area (Å²) >= 11 is 0. The molecule has 32 heavy (non-hydrogen) atoms. The van der Waals surface area contributed by atoms with Crippen molar-refractivity contribution in [3.63, 3.8) is 0 Å². The Morgan fingerprint density at radius 3 is 2.06 bits per heavy atom. The monoisotopic (exact) mass is 461 g/mol. The van der Waals surface area contributed by atoms with Gasteiger partial charge in [0.1, 0.15) is 0 Å². The number of nitrogens with one attached hydrogen (secondary N) is 2. The van der Waals surface area contributed by atoms with E-state index >= 15 is 0 Å². The standard InChI is InChI=1S/C22H31N5O4S/c1-15(2)19-14-18(25-27(19)22(3,4)5)21(29)24-23-20(28)16-8-10-17(11-9-16)32(30,31)26-12-6-7-13-26/h8-11,14-15H,6-7,12-13H2,1-5H3,(H,23,28)(H,24,29). The van der Waals surface area contributed by atoms with Crippen LogP contribution >= 0.6 is 0 Å². The quantitative estimate of drug-likeness (QED) is 0.665. The van der Waals surface area contributed by atoms with Crippen LogP contribution in [0.4, 0.5) is 0 Å². The maximum absolute atomic E-state index is 12.6. The molecule has 1 fully saturated rings. The lowest BCUT2D eigenvalue weighted by molar-refractivity contribution is 0.0843. The molecule has 0 radical (unpaired) electrons. The fourth-order valence-corrected chi connectivity index (χ4v) is 5.08. The van der Waals surface area contributed by atoms with E-state index in [1.165, 1.54) is 28.6 Å². The van der Waals surface area contributed by atoms with Crippen LogP contribution in [-0.4, -0.2) is 47.4 Å². The average Bonchev–Trinajstić information content (AvgIpc) is 3.42. The van der Waals surface area contributed by atoms with Crippen LogP contribution in [0, 0.1) is 0 Å². The molecule has 0 unspecified atom stereocenters. The first kappa shape index (κ1) is 23.9. The van der Waals surface area contributed by atoms with Crippen LogP contribution in [0.3, 0.4) is 0 Å². The lowest BCUT2D eigenvalue weighted by Gasteiger charge is -2.23. The number of hydrogen-bond acceptors (Lipinski definition) is 5. The summed E-state index contributed by atoms with van der Waals surface area (Å²) in [6.07, 6.45) is 1.71. The van der Waals surface area contributed by atoms with Gasteiger partial charge in [0.2, 0.25) is 10.0 Å². The molecule has 0 atom stereocenters. The molecule has 2 amide bonds. The van der Waals surface area contributed by atoms with Gasteiger partial charge in [-0.3, -0.25) is 25.1 Å². The molecule has 174 valence electrons. The number of hydrogen-bond donors (Lipinski definition) is 2. The molecule has 2 aromatic rings. The van der Waals surface area contributed by atoms with Gasteiger partial charge in [0.25, 0.3) is 11.8 Å². The minimum Gasteiger partial charge on any atom is -0.267 e. The highest BCUT2D eigenvalue weighted by Crippen LogP contribution is 2.24. The molecular formula is C22H31N5O4S. The predicted octanol–water partition coefficient (Wildman–Crippen LogP) is 2.62. The number of amides is 2. The SMILES string of the molecule is CC(C)c1cc(C(=O)NNC(=O)c2ccc(S(=O)(=O)N3CCCC3)cc2)nn1C(C)(C)C. The Balaban J connectivity index is 1.66. The molecule has 2 N–H and O–H groups in total. The van der Waals surface area contributed by atoms with Crippen molar-refractivity contribution in [2.45, 2.75) is 63.8 Å². The van der Waals surface area contributed by atoms with Gasteiger partial charge in [-0.2, -0.15) is 9.40 Å². The number of nitrogens with zero attached hydrogens (tertiary/aromatic N) is 3. The molecule has 2 heterocycles. The van der Waals surface area contributed by atoms with Gasteiger partial charge in [-0.15, -0.1) is 0 Å². The van der Waals surface area contributed by atoms with E-state index < -0.39 is 21.8 Å². The van der Waals surface area contributed by atoms with Crippen LogP contribution < -0.4 is 10.9 Å². The first-order valence-corrected chi connectivity index (χ1v) is 12.2. The molecule has 3 rings (SSSR count). The van der Waals surface area contributed by atoms with E-state index in [-0.39, 0.29) is 27.6 Å². The molecule has 1 aliphatic heterocycles. The van der Waals surface area contributed by atoms with Gasteiger partial charge < -0.3 is 0 Å². The molecule has 1 aromatic heterocycles. The van der Waals surface area contributed by atoms with Gasteiger partial charge in [-0.05, 0) is 69.9 Å². The number of carbonyl (C=O) groups is 2. The summed E-state index contributed by atoms with van der Waals surface area (Å²) in [6, 6.07) is 7.38. The van der Waals surface area contributed by atoms with Gasteiger partial charge in [0.15, 0.2) is 5.69 Å². The zero-order valence-electron chi connectivity index (χ0n) is 19.2. The first-order chi connectivity index (χ1) is 14.9. The topological polar surface area (TPSA) is 113 Å². The van der Waals surface area contributed by atoms with Crippen LogP contribution in [0.2, 0.25) is 0 Å². The van der Waals surface area contributed by atoms with Crippen molar-refractivity contribution in [2.75, 3.05) is 13.1 Å². The van der Waals surface area contributed by atoms with Crippen LogP contribution in [0.15, 0.2) is 35.2 Å². The van der Waals surface area contributed by atoms with E-state index in [0.717, 1.165) is 18.5 Å². The Morgan fingerprint density at radius 1 is 1.00 bits per heavy atom. The summed E-state index contributed by atoms with van der Waals surface area (Å²) in [7, 11) is -3.54. The van der Waals surface area contributed by atoms with Crippen molar-refractivity contribution in [3.8, 4) is 0 Å². The summed E-state index contributed by atoms with van der Waals surface area (Å²) in [5.41, 5.74) is 5.80. The Labute approximate surface area is 189 Å². The molecule has 0 aliphatic carbocycles. The molecule has 10 heteroatoms. The van der Waals surface area contributed by atoms with E-state index in [1.54, 1.807) is 6.07 Å². The number of benzene rings is 1. The van der Waals surface area contributed by atoms with Gasteiger partial charge in [-0.1, -0.05) is 13.8 Å². The van der Waals surface area contributed by atoms with E-state index in [0.29, 0.717) is 13.1 Å². The van der Waals surface area contributed by atoms with E-state index in [9.17, 15) is 18.0 Å². The number of rotatable bonds is 5. The summed E-state index contributed by atoms with van der Waals surface area (Å²) < 4.78 is 28.5. The third-order valence-electron chi connectivity index (χ3n) is 5.31. The highest BCUT2D eigenvalue weighted by atomic mass is 32.2. The second-order valence-electron chi connectivity index (χ2n) is 9.24. The molecule has 1 aromatic carbocycles. The van der Waals surface area contributed by atoms with E-state index in [1.807, 2.05) is 39.3 Å². The Morgan fingerprint density at radius 2 is 1.56 bits per heavy atom. The molecule has 0 spiro atoms. The summed E-state index contributed by atoms with van der Waals surface area (Å²) in [4.78, 5) is 25.1. The Kier molecular flexibility index (Phi) is 6.75. The molecule has 1 aliphatic rings. The van der Waals surface area contributed by atoms with Crippen LogP contribution in [-0.2, 0) is 15.6 Å². The van der Waals surface area contributed by atoms with Gasteiger partial charge >= 0.3 is 0 Å². The molecule has 9 nitrogen and oxygen atoms in total. The fraction of sp³-hybridized carbons (Fsp3) is 0.500. The second kappa shape index (κ2) is 9.03. The Bertz CT molecular complexity index is 1090. The predicted molar refractivity (Wildman–Crippen MR) is 121 cm³/mol. The molecular weight excluding hydrogens is 430 g/mol. The lowest BCUT2D eigenvalue weighted by Crippen LogP contribution is -2.42. The normalized spacial score (nSPS) is 15.2. The fourth-order valence-electron chi connectivity index (χ4n) is 3.56. The maximum Gasteiger partial charge on any atom is 0.290 e. The zero-order chi connectivity index (χ0) is 23.7. The van der Waals surface area contributed by atoms with Crippen molar-refractivity contribution >= 4 is 21.8 Å². The van der Waals surface area contributed by atoms with Crippen molar-refractivity contribution in [3.05, 3.63) is 47.3 Å². The number of carbonyl (C=O) groups excluding carboxylic acids is 2. The summed E-state index contributed by atoms with van der Waals surface area (Å²) in [6.45, 7) is 11.1. The molecule has 1 saturated heterocycles. The first-order valence-electron chi connectivity index (χ1n) is 10.7. The van der Waals surface area contributed by atoms with Crippen LogP contribution in [0.25, 0.3) is 0 Å². The van der Waals surface area contributed by atoms with Crippen molar-refractivity contribution in [2.24, 2.45) is 0 Å². The van der Waals surface area contributed by atoms with Crippen LogP contribution in [0.1, 0.15) is 79.9 Å². The van der Waals surface area contributed by atoms with Crippen molar-refractivity contribution in [1.29, 1.82) is 0 Å². The smallest absolute Gasteiger partial charge is 0.267 e. The third kappa shape index (κ3) is 5.02. The summed E-state index contributed by atoms with van der Waals surface area (Å²) in [5, 5.41) is 4.41. The van der Waals surface area contributed by atoms with Crippen molar-refractivity contribution in [1.82, 2.24) is 24.9 Å². The van der Waals surface area contributed by atoms with E-state index in [2.05, 4.69) is 16.0 Å². The van der Waals surface area contributed by atoms with Crippen molar-refractivity contribution < 1.29 is 18.0 Å². The van der Waals surface area contributed by atoms with E-state index in [4.69, 9.17) is 0 Å². The third-order valence-corrected chi connectivity index (χ3v) is 7.22. The average molecular weight is 462 g/mol. The largest absolute Gasteiger partial charge is 0.290 e. The minimum absolute atomic E-state index is 0.147. The number of hydrazine groups is 1. The highest BCUT2D eigenvalue weighted by molar-refractivity contribution is 7.89. The summed E-state index contributed by atoms with van der Waals surface area (Å²) in [5.74, 6) is -0.910. The zero-order valence-corrected chi connectivity index (χ0v) is 20.0. The molecule has 0 saturated carbocycles.